The number of halogens is 1. The Morgan fingerprint density at radius 2 is 1.78 bits per heavy atom. The van der Waals surface area contributed by atoms with Gasteiger partial charge in [-0.1, -0.05) is 41.9 Å². The monoisotopic (exact) mass is 262 g/mol. The van der Waals surface area contributed by atoms with Crippen LogP contribution in [0.25, 0.3) is 0 Å². The number of hydrogen-bond acceptors (Lipinski definition) is 4. The van der Waals surface area contributed by atoms with Gasteiger partial charge in [0.25, 0.3) is 0 Å². The van der Waals surface area contributed by atoms with Crippen molar-refractivity contribution >= 4 is 17.5 Å². The molecule has 1 heterocycles. The quantitative estimate of drug-likeness (QED) is 0.897. The van der Waals surface area contributed by atoms with Gasteiger partial charge in [-0.2, -0.15) is 0 Å². The average Bonchev–Trinajstić information content (AvgIpc) is 2.40. The lowest BCUT2D eigenvalue weighted by Crippen LogP contribution is -2.30. The van der Waals surface area contributed by atoms with Crippen LogP contribution < -0.4 is 10.6 Å². The fourth-order valence-corrected chi connectivity index (χ4v) is 1.78. The molecule has 94 valence electrons. The number of benzene rings is 1. The summed E-state index contributed by atoms with van der Waals surface area (Å²) in [6.07, 6.45) is 3.19. The van der Waals surface area contributed by atoms with E-state index in [0.717, 1.165) is 6.54 Å². The highest BCUT2D eigenvalue weighted by molar-refractivity contribution is 6.30. The SMILES string of the molecule is NCCN(Cc1ccccc1)c1ncc(Cl)cn1. The van der Waals surface area contributed by atoms with E-state index >= 15 is 0 Å². The van der Waals surface area contributed by atoms with Gasteiger partial charge >= 0.3 is 0 Å². The molecule has 0 saturated heterocycles. The number of nitrogens with zero attached hydrogens (tertiary/aromatic N) is 3. The minimum atomic E-state index is 0.533. The Hall–Kier alpha value is -1.65. The lowest BCUT2D eigenvalue weighted by atomic mass is 10.2. The average molecular weight is 263 g/mol. The highest BCUT2D eigenvalue weighted by atomic mass is 35.5. The highest BCUT2D eigenvalue weighted by Crippen LogP contribution is 2.13. The summed E-state index contributed by atoms with van der Waals surface area (Å²) in [5.74, 6) is 0.647. The molecule has 0 bridgehead atoms. The van der Waals surface area contributed by atoms with Crippen molar-refractivity contribution in [2.75, 3.05) is 18.0 Å². The van der Waals surface area contributed by atoms with Crippen LogP contribution in [0.2, 0.25) is 5.02 Å². The Bertz CT molecular complexity index is 472. The first-order valence-corrected chi connectivity index (χ1v) is 6.14. The molecule has 0 spiro atoms. The highest BCUT2D eigenvalue weighted by Gasteiger charge is 2.09. The molecule has 4 nitrogen and oxygen atoms in total. The third-order valence-electron chi connectivity index (χ3n) is 2.50. The van der Waals surface area contributed by atoms with E-state index in [1.807, 2.05) is 23.1 Å². The second-order valence-corrected chi connectivity index (χ2v) is 4.33. The molecule has 0 unspecified atom stereocenters. The summed E-state index contributed by atoms with van der Waals surface area (Å²) in [6.45, 7) is 2.00. The molecule has 0 aliphatic heterocycles. The zero-order chi connectivity index (χ0) is 12.8. The second kappa shape index (κ2) is 6.33. The number of hydrogen-bond donors (Lipinski definition) is 1. The summed E-state index contributed by atoms with van der Waals surface area (Å²) in [6, 6.07) is 10.2. The van der Waals surface area contributed by atoms with Gasteiger partial charge in [-0.15, -0.1) is 0 Å². The van der Waals surface area contributed by atoms with Crippen molar-refractivity contribution in [2.24, 2.45) is 5.73 Å². The van der Waals surface area contributed by atoms with Crippen LogP contribution in [0.15, 0.2) is 42.7 Å². The van der Waals surface area contributed by atoms with Crippen molar-refractivity contribution in [2.45, 2.75) is 6.54 Å². The molecule has 1 aromatic heterocycles. The van der Waals surface area contributed by atoms with Crippen molar-refractivity contribution in [1.82, 2.24) is 9.97 Å². The van der Waals surface area contributed by atoms with Crippen LogP contribution in [0.5, 0.6) is 0 Å². The van der Waals surface area contributed by atoms with Crippen molar-refractivity contribution in [3.63, 3.8) is 0 Å². The molecular formula is C13H15ClN4. The lowest BCUT2D eigenvalue weighted by molar-refractivity contribution is 0.758. The fraction of sp³-hybridized carbons (Fsp3) is 0.231. The van der Waals surface area contributed by atoms with Gasteiger partial charge in [0.05, 0.1) is 17.4 Å². The van der Waals surface area contributed by atoms with Gasteiger partial charge in [-0.05, 0) is 5.56 Å². The van der Waals surface area contributed by atoms with Crippen LogP contribution in [0.1, 0.15) is 5.56 Å². The Balaban J connectivity index is 2.15. The van der Waals surface area contributed by atoms with E-state index in [1.165, 1.54) is 5.56 Å². The van der Waals surface area contributed by atoms with E-state index in [0.29, 0.717) is 24.1 Å². The summed E-state index contributed by atoms with van der Waals surface area (Å²) in [4.78, 5) is 10.5. The van der Waals surface area contributed by atoms with Gasteiger partial charge in [0.1, 0.15) is 0 Å². The topological polar surface area (TPSA) is 55.0 Å². The van der Waals surface area contributed by atoms with Gasteiger partial charge in [0.2, 0.25) is 5.95 Å². The summed E-state index contributed by atoms with van der Waals surface area (Å²) >= 11 is 5.79. The van der Waals surface area contributed by atoms with Crippen LogP contribution in [0.4, 0.5) is 5.95 Å². The van der Waals surface area contributed by atoms with E-state index in [-0.39, 0.29) is 0 Å². The molecule has 1 aromatic carbocycles. The first-order chi connectivity index (χ1) is 8.79. The van der Waals surface area contributed by atoms with Gasteiger partial charge < -0.3 is 10.6 Å². The Morgan fingerprint density at radius 3 is 2.39 bits per heavy atom. The molecule has 0 aliphatic carbocycles. The summed E-state index contributed by atoms with van der Waals surface area (Å²) in [7, 11) is 0. The molecule has 2 aromatic rings. The summed E-state index contributed by atoms with van der Waals surface area (Å²) in [5, 5.41) is 0.533. The third kappa shape index (κ3) is 3.42. The molecule has 0 fully saturated rings. The van der Waals surface area contributed by atoms with Crippen molar-refractivity contribution in [3.8, 4) is 0 Å². The molecule has 2 N–H and O–H groups in total. The minimum absolute atomic E-state index is 0.533. The largest absolute Gasteiger partial charge is 0.335 e. The Morgan fingerprint density at radius 1 is 1.11 bits per heavy atom. The van der Waals surface area contributed by atoms with Crippen LogP contribution in [0, 0.1) is 0 Å². The Kier molecular flexibility index (Phi) is 4.50. The number of rotatable bonds is 5. The maximum absolute atomic E-state index is 5.79. The molecule has 5 heteroatoms. The normalized spacial score (nSPS) is 10.3. The predicted molar refractivity (Wildman–Crippen MR) is 73.6 cm³/mol. The van der Waals surface area contributed by atoms with Gasteiger partial charge in [-0.25, -0.2) is 9.97 Å². The van der Waals surface area contributed by atoms with Crippen molar-refractivity contribution in [3.05, 3.63) is 53.3 Å². The molecule has 0 radical (unpaired) electrons. The number of nitrogens with two attached hydrogens (primary N) is 1. The van der Waals surface area contributed by atoms with Crippen LogP contribution in [0.3, 0.4) is 0 Å². The van der Waals surface area contributed by atoms with Gasteiger partial charge in [0, 0.05) is 19.6 Å². The van der Waals surface area contributed by atoms with Crippen LogP contribution in [-0.4, -0.2) is 23.1 Å². The Labute approximate surface area is 111 Å². The molecule has 0 atom stereocenters. The third-order valence-corrected chi connectivity index (χ3v) is 2.70. The molecule has 0 saturated carbocycles. The summed E-state index contributed by atoms with van der Waals surface area (Å²) in [5.41, 5.74) is 6.83. The van der Waals surface area contributed by atoms with Crippen LogP contribution >= 0.6 is 11.6 Å². The zero-order valence-corrected chi connectivity index (χ0v) is 10.7. The first-order valence-electron chi connectivity index (χ1n) is 5.76. The van der Waals surface area contributed by atoms with Crippen molar-refractivity contribution in [1.29, 1.82) is 0 Å². The predicted octanol–water partition coefficient (Wildman–Crippen LogP) is 2.10. The second-order valence-electron chi connectivity index (χ2n) is 3.90. The van der Waals surface area contributed by atoms with E-state index in [2.05, 4.69) is 22.1 Å². The van der Waals surface area contributed by atoms with Gasteiger partial charge in [0.15, 0.2) is 0 Å². The molecule has 0 amide bonds. The number of aromatic nitrogens is 2. The van der Waals surface area contributed by atoms with E-state index in [1.54, 1.807) is 12.4 Å². The van der Waals surface area contributed by atoms with E-state index in [4.69, 9.17) is 17.3 Å². The number of anilines is 1. The first kappa shape index (κ1) is 12.8. The van der Waals surface area contributed by atoms with E-state index in [9.17, 15) is 0 Å². The lowest BCUT2D eigenvalue weighted by Gasteiger charge is -2.21. The van der Waals surface area contributed by atoms with Crippen LogP contribution in [-0.2, 0) is 6.54 Å². The standard InChI is InChI=1S/C13H15ClN4/c14-12-8-16-13(17-9-12)18(7-6-15)10-11-4-2-1-3-5-11/h1-5,8-9H,6-7,10,15H2. The minimum Gasteiger partial charge on any atom is -0.335 e. The maximum atomic E-state index is 5.79. The molecule has 0 aliphatic rings. The molecule has 2 rings (SSSR count). The fourth-order valence-electron chi connectivity index (χ4n) is 1.68. The zero-order valence-electron chi connectivity index (χ0n) is 9.96. The smallest absolute Gasteiger partial charge is 0.225 e. The molecular weight excluding hydrogens is 248 g/mol. The maximum Gasteiger partial charge on any atom is 0.225 e. The summed E-state index contributed by atoms with van der Waals surface area (Å²) < 4.78 is 0. The van der Waals surface area contributed by atoms with Gasteiger partial charge in [-0.3, -0.25) is 0 Å². The van der Waals surface area contributed by atoms with E-state index < -0.39 is 0 Å². The van der Waals surface area contributed by atoms with Crippen molar-refractivity contribution < 1.29 is 0 Å². The molecule has 18 heavy (non-hydrogen) atoms.